The maximum atomic E-state index is 12.8. The number of fused-ring (bicyclic) bond motifs is 3. The molecule has 0 aromatic heterocycles. The van der Waals surface area contributed by atoms with Gasteiger partial charge in [0.25, 0.3) is 0 Å². The van der Waals surface area contributed by atoms with Gasteiger partial charge < -0.3 is 9.84 Å². The maximum absolute atomic E-state index is 12.8. The summed E-state index contributed by atoms with van der Waals surface area (Å²) in [6.07, 6.45) is 3.72. The Bertz CT molecular complexity index is 1130. The molecule has 0 radical (unpaired) electrons. The molecule has 2 N–H and O–H groups in total. The van der Waals surface area contributed by atoms with Crippen LogP contribution in [0.2, 0.25) is 0 Å². The number of sulfonamides is 1. The third-order valence-corrected chi connectivity index (χ3v) is 6.81. The third-order valence-electron chi connectivity index (χ3n) is 5.31. The minimum atomic E-state index is -3.75. The lowest BCUT2D eigenvalue weighted by Gasteiger charge is -2.19. The van der Waals surface area contributed by atoms with Crippen LogP contribution in [0.5, 0.6) is 5.75 Å². The molecule has 29 heavy (non-hydrogen) atoms. The Morgan fingerprint density at radius 3 is 2.66 bits per heavy atom. The Kier molecular flexibility index (Phi) is 4.86. The Hall–Kier alpha value is -3.15. The Labute approximate surface area is 168 Å². The number of carboxylic acids is 1. The van der Waals surface area contributed by atoms with Crippen LogP contribution in [0.15, 0.2) is 53.4 Å². The highest BCUT2D eigenvalue weighted by Crippen LogP contribution is 2.49. The number of ether oxygens (including phenoxy) is 1. The van der Waals surface area contributed by atoms with Crippen LogP contribution in [0.1, 0.15) is 35.4 Å². The molecule has 2 aromatic rings. The SMILES string of the molecule is N#Cc1ccc(S(=O)(=O)NC2CCC3Oc4c(C=CC(=O)O)cccc4C23)cc1. The maximum Gasteiger partial charge on any atom is 0.328 e. The summed E-state index contributed by atoms with van der Waals surface area (Å²) in [5.74, 6) is -0.576. The first kappa shape index (κ1) is 19.2. The second kappa shape index (κ2) is 7.35. The molecule has 0 amide bonds. The fraction of sp³-hybridized carbons (Fsp3) is 0.238. The van der Waals surface area contributed by atoms with E-state index in [0.29, 0.717) is 29.7 Å². The lowest BCUT2D eigenvalue weighted by molar-refractivity contribution is -0.131. The monoisotopic (exact) mass is 410 g/mol. The van der Waals surface area contributed by atoms with Gasteiger partial charge in [0.15, 0.2) is 0 Å². The van der Waals surface area contributed by atoms with Crippen molar-refractivity contribution in [2.45, 2.75) is 35.8 Å². The van der Waals surface area contributed by atoms with Crippen LogP contribution in [-0.4, -0.2) is 31.6 Å². The molecule has 148 valence electrons. The van der Waals surface area contributed by atoms with E-state index in [1.165, 1.54) is 30.3 Å². The van der Waals surface area contributed by atoms with Gasteiger partial charge in [0.1, 0.15) is 11.9 Å². The zero-order chi connectivity index (χ0) is 20.6. The molecular weight excluding hydrogens is 392 g/mol. The van der Waals surface area contributed by atoms with Gasteiger partial charge in [-0.3, -0.25) is 0 Å². The molecule has 1 aliphatic heterocycles. The smallest absolute Gasteiger partial charge is 0.328 e. The second-order valence-corrected chi connectivity index (χ2v) is 8.77. The summed E-state index contributed by atoms with van der Waals surface area (Å²) in [6.45, 7) is 0. The van der Waals surface area contributed by atoms with Crippen molar-refractivity contribution in [1.82, 2.24) is 4.72 Å². The van der Waals surface area contributed by atoms with Gasteiger partial charge in [0.05, 0.1) is 16.5 Å². The van der Waals surface area contributed by atoms with E-state index in [9.17, 15) is 13.2 Å². The number of hydrogen-bond acceptors (Lipinski definition) is 5. The summed E-state index contributed by atoms with van der Waals surface area (Å²) in [5.41, 5.74) is 1.94. The summed E-state index contributed by atoms with van der Waals surface area (Å²) in [5, 5.41) is 17.8. The van der Waals surface area contributed by atoms with Gasteiger partial charge in [-0.2, -0.15) is 5.26 Å². The summed E-state index contributed by atoms with van der Waals surface area (Å²) in [7, 11) is -3.75. The molecule has 3 atom stereocenters. The Morgan fingerprint density at radius 2 is 1.97 bits per heavy atom. The number of nitrogens with zero attached hydrogens (tertiary/aromatic N) is 1. The molecule has 7 nitrogen and oxygen atoms in total. The highest BCUT2D eigenvalue weighted by atomic mass is 32.2. The summed E-state index contributed by atoms with van der Waals surface area (Å²) >= 11 is 0. The minimum Gasteiger partial charge on any atom is -0.489 e. The fourth-order valence-electron chi connectivity index (χ4n) is 4.04. The van der Waals surface area contributed by atoms with Gasteiger partial charge in [-0.05, 0) is 43.2 Å². The van der Waals surface area contributed by atoms with Crippen molar-refractivity contribution in [3.63, 3.8) is 0 Å². The molecule has 8 heteroatoms. The van der Waals surface area contributed by atoms with E-state index in [0.717, 1.165) is 11.6 Å². The van der Waals surface area contributed by atoms with Gasteiger partial charge in [-0.1, -0.05) is 18.2 Å². The number of carboxylic acid groups (broad SMARTS) is 1. The van der Waals surface area contributed by atoms with Crippen molar-refractivity contribution < 1.29 is 23.1 Å². The number of hydrogen-bond donors (Lipinski definition) is 2. The quantitative estimate of drug-likeness (QED) is 0.732. The van der Waals surface area contributed by atoms with E-state index in [2.05, 4.69) is 4.72 Å². The summed E-state index contributed by atoms with van der Waals surface area (Å²) in [6, 6.07) is 12.9. The van der Waals surface area contributed by atoms with Gasteiger partial charge in [0.2, 0.25) is 10.0 Å². The van der Waals surface area contributed by atoms with Crippen LogP contribution >= 0.6 is 0 Å². The van der Waals surface area contributed by atoms with Crippen LogP contribution < -0.4 is 9.46 Å². The largest absolute Gasteiger partial charge is 0.489 e. The van der Waals surface area contributed by atoms with E-state index in [4.69, 9.17) is 15.1 Å². The molecular formula is C21H18N2O5S. The third kappa shape index (κ3) is 3.62. The van der Waals surface area contributed by atoms with Gasteiger partial charge in [-0.25, -0.2) is 17.9 Å². The van der Waals surface area contributed by atoms with Crippen LogP contribution in [0.4, 0.5) is 0 Å². The minimum absolute atomic E-state index is 0.109. The molecule has 3 unspecified atom stereocenters. The number of aliphatic carboxylic acids is 1. The molecule has 0 saturated heterocycles. The lowest BCUT2D eigenvalue weighted by Crippen LogP contribution is -2.37. The highest BCUT2D eigenvalue weighted by molar-refractivity contribution is 7.89. The van der Waals surface area contributed by atoms with Crippen molar-refractivity contribution >= 4 is 22.1 Å². The van der Waals surface area contributed by atoms with Gasteiger partial charge >= 0.3 is 5.97 Å². The van der Waals surface area contributed by atoms with Crippen molar-refractivity contribution in [1.29, 1.82) is 5.26 Å². The highest BCUT2D eigenvalue weighted by Gasteiger charge is 2.46. The molecule has 2 aliphatic rings. The molecule has 0 spiro atoms. The standard InChI is InChI=1S/C21H18N2O5S/c22-12-13-4-7-15(8-5-13)29(26,27)23-17-9-10-18-20(17)16-3-1-2-14(21(16)28-18)6-11-19(24)25/h1-8,11,17-18,20,23H,9-10H2,(H,24,25). The topological polar surface area (TPSA) is 116 Å². The average Bonchev–Trinajstić information content (AvgIpc) is 3.26. The van der Waals surface area contributed by atoms with Crippen LogP contribution in [-0.2, 0) is 14.8 Å². The Morgan fingerprint density at radius 1 is 1.21 bits per heavy atom. The summed E-state index contributed by atoms with van der Waals surface area (Å²) in [4.78, 5) is 10.9. The van der Waals surface area contributed by atoms with Crippen molar-refractivity contribution in [2.24, 2.45) is 0 Å². The predicted octanol–water partition coefficient (Wildman–Crippen LogP) is 2.64. The second-order valence-electron chi connectivity index (χ2n) is 7.06. The number of para-hydroxylation sites is 1. The summed E-state index contributed by atoms with van der Waals surface area (Å²) < 4.78 is 34.5. The molecule has 4 rings (SSSR count). The van der Waals surface area contributed by atoms with Crippen LogP contribution in [0, 0.1) is 11.3 Å². The number of rotatable bonds is 5. The van der Waals surface area contributed by atoms with Gasteiger partial charge in [0, 0.05) is 29.2 Å². The van der Waals surface area contributed by atoms with E-state index >= 15 is 0 Å². The molecule has 0 bridgehead atoms. The van der Waals surface area contributed by atoms with Crippen LogP contribution in [0.3, 0.4) is 0 Å². The van der Waals surface area contributed by atoms with E-state index < -0.39 is 16.0 Å². The zero-order valence-electron chi connectivity index (χ0n) is 15.3. The molecule has 1 heterocycles. The Balaban J connectivity index is 1.61. The number of nitriles is 1. The zero-order valence-corrected chi connectivity index (χ0v) is 16.1. The van der Waals surface area contributed by atoms with Crippen LogP contribution in [0.25, 0.3) is 6.08 Å². The number of nitrogens with one attached hydrogen (secondary N) is 1. The van der Waals surface area contributed by atoms with Gasteiger partial charge in [-0.15, -0.1) is 0 Å². The predicted molar refractivity (Wildman–Crippen MR) is 105 cm³/mol. The van der Waals surface area contributed by atoms with Crippen molar-refractivity contribution in [3.05, 3.63) is 65.2 Å². The van der Waals surface area contributed by atoms with E-state index in [1.54, 1.807) is 6.07 Å². The first-order valence-electron chi connectivity index (χ1n) is 9.12. The molecule has 1 fully saturated rings. The number of carbonyl (C=O) groups is 1. The van der Waals surface area contributed by atoms with Crippen molar-refractivity contribution in [2.75, 3.05) is 0 Å². The lowest BCUT2D eigenvalue weighted by atomic mass is 9.93. The first-order valence-corrected chi connectivity index (χ1v) is 10.6. The average molecular weight is 410 g/mol. The first-order chi connectivity index (χ1) is 13.9. The van der Waals surface area contributed by atoms with E-state index in [-0.39, 0.29) is 23.0 Å². The molecule has 2 aromatic carbocycles. The normalized spacial score (nSPS) is 22.7. The molecule has 1 aliphatic carbocycles. The molecule has 1 saturated carbocycles. The fourth-order valence-corrected chi connectivity index (χ4v) is 5.33. The van der Waals surface area contributed by atoms with E-state index in [1.807, 2.05) is 18.2 Å². The number of benzene rings is 2. The van der Waals surface area contributed by atoms with Crippen molar-refractivity contribution in [3.8, 4) is 11.8 Å².